The summed E-state index contributed by atoms with van der Waals surface area (Å²) in [5.74, 6) is 0. The fraction of sp³-hybridized carbons (Fsp3) is 0.583. The van der Waals surface area contributed by atoms with Crippen molar-refractivity contribution < 1.29 is 4.74 Å². The molecule has 0 aliphatic heterocycles. The second kappa shape index (κ2) is 6.86. The molecule has 4 heteroatoms. The Balaban J connectivity index is 2.51. The summed E-state index contributed by atoms with van der Waals surface area (Å²) in [6.07, 6.45) is 4.01. The summed E-state index contributed by atoms with van der Waals surface area (Å²) in [5, 5.41) is 0. The van der Waals surface area contributed by atoms with Gasteiger partial charge in [-0.25, -0.2) is 0 Å². The summed E-state index contributed by atoms with van der Waals surface area (Å²) >= 11 is 3.38. The van der Waals surface area contributed by atoms with Crippen molar-refractivity contribution in [3.05, 3.63) is 32.7 Å². The topological polar surface area (TPSA) is 31.2 Å². The second-order valence-corrected chi connectivity index (χ2v) is 4.72. The SMILES string of the molecule is CCCCOCCn1cc(Br)cc(C)c1=O. The van der Waals surface area contributed by atoms with Crippen LogP contribution in [0.25, 0.3) is 0 Å². The molecular formula is C12H18BrNO2. The first-order valence-electron chi connectivity index (χ1n) is 5.59. The van der Waals surface area contributed by atoms with E-state index in [9.17, 15) is 4.79 Å². The van der Waals surface area contributed by atoms with Crippen molar-refractivity contribution in [1.82, 2.24) is 4.57 Å². The summed E-state index contributed by atoms with van der Waals surface area (Å²) in [6.45, 7) is 5.93. The Morgan fingerprint density at radius 2 is 2.19 bits per heavy atom. The molecule has 16 heavy (non-hydrogen) atoms. The Bertz CT molecular complexity index is 387. The Morgan fingerprint density at radius 1 is 1.44 bits per heavy atom. The van der Waals surface area contributed by atoms with Gasteiger partial charge in [-0.15, -0.1) is 0 Å². The van der Waals surface area contributed by atoms with E-state index in [1.54, 1.807) is 10.8 Å². The lowest BCUT2D eigenvalue weighted by Gasteiger charge is -2.08. The summed E-state index contributed by atoms with van der Waals surface area (Å²) in [6, 6.07) is 1.83. The number of hydrogen-bond acceptors (Lipinski definition) is 2. The third-order valence-corrected chi connectivity index (χ3v) is 2.78. The molecular weight excluding hydrogens is 270 g/mol. The number of pyridine rings is 1. The zero-order valence-corrected chi connectivity index (χ0v) is 11.4. The maximum atomic E-state index is 11.7. The molecule has 0 bridgehead atoms. The van der Waals surface area contributed by atoms with E-state index in [1.165, 1.54) is 0 Å². The highest BCUT2D eigenvalue weighted by atomic mass is 79.9. The van der Waals surface area contributed by atoms with Gasteiger partial charge >= 0.3 is 0 Å². The van der Waals surface area contributed by atoms with Gasteiger partial charge in [0.2, 0.25) is 0 Å². The normalized spacial score (nSPS) is 10.7. The molecule has 0 saturated heterocycles. The molecule has 1 aromatic rings. The molecule has 0 unspecified atom stereocenters. The lowest BCUT2D eigenvalue weighted by atomic mass is 10.3. The highest BCUT2D eigenvalue weighted by Crippen LogP contribution is 2.07. The predicted molar refractivity (Wildman–Crippen MR) is 68.9 cm³/mol. The molecule has 0 amide bonds. The lowest BCUT2D eigenvalue weighted by Crippen LogP contribution is -2.23. The molecule has 0 radical (unpaired) electrons. The lowest BCUT2D eigenvalue weighted by molar-refractivity contribution is 0.123. The zero-order chi connectivity index (χ0) is 12.0. The summed E-state index contributed by atoms with van der Waals surface area (Å²) in [7, 11) is 0. The molecule has 1 heterocycles. The molecule has 1 aromatic heterocycles. The van der Waals surface area contributed by atoms with E-state index in [0.29, 0.717) is 13.2 Å². The molecule has 0 spiro atoms. The van der Waals surface area contributed by atoms with Gasteiger partial charge in [-0.3, -0.25) is 4.79 Å². The third-order valence-electron chi connectivity index (χ3n) is 2.35. The molecule has 0 saturated carbocycles. The highest BCUT2D eigenvalue weighted by Gasteiger charge is 2.01. The van der Waals surface area contributed by atoms with E-state index in [4.69, 9.17) is 4.74 Å². The molecule has 3 nitrogen and oxygen atoms in total. The third kappa shape index (κ3) is 4.10. The molecule has 0 aliphatic rings. The smallest absolute Gasteiger partial charge is 0.253 e. The van der Waals surface area contributed by atoms with Crippen LogP contribution in [0.3, 0.4) is 0 Å². The van der Waals surface area contributed by atoms with Crippen molar-refractivity contribution in [2.75, 3.05) is 13.2 Å². The molecule has 0 atom stereocenters. The number of hydrogen-bond donors (Lipinski definition) is 0. The summed E-state index contributed by atoms with van der Waals surface area (Å²) in [4.78, 5) is 11.7. The predicted octanol–water partition coefficient (Wildman–Crippen LogP) is 2.74. The van der Waals surface area contributed by atoms with E-state index in [1.807, 2.05) is 13.0 Å². The highest BCUT2D eigenvalue weighted by molar-refractivity contribution is 9.10. The van der Waals surface area contributed by atoms with Crippen molar-refractivity contribution in [1.29, 1.82) is 0 Å². The van der Waals surface area contributed by atoms with Crippen molar-refractivity contribution in [2.45, 2.75) is 33.2 Å². The van der Waals surface area contributed by atoms with E-state index in [2.05, 4.69) is 22.9 Å². The Morgan fingerprint density at radius 3 is 2.88 bits per heavy atom. The van der Waals surface area contributed by atoms with Crippen LogP contribution in [-0.2, 0) is 11.3 Å². The number of halogens is 1. The molecule has 0 fully saturated rings. The number of nitrogens with zero attached hydrogens (tertiary/aromatic N) is 1. The fourth-order valence-corrected chi connectivity index (χ4v) is 2.01. The van der Waals surface area contributed by atoms with Crippen molar-refractivity contribution in [3.63, 3.8) is 0 Å². The van der Waals surface area contributed by atoms with Crippen LogP contribution in [-0.4, -0.2) is 17.8 Å². The van der Waals surface area contributed by atoms with Crippen LogP contribution < -0.4 is 5.56 Å². The maximum Gasteiger partial charge on any atom is 0.253 e. The number of ether oxygens (including phenoxy) is 1. The van der Waals surface area contributed by atoms with Gasteiger partial charge in [0.05, 0.1) is 6.61 Å². The summed E-state index contributed by atoms with van der Waals surface area (Å²) < 4.78 is 8.05. The van der Waals surface area contributed by atoms with Crippen LogP contribution in [0.1, 0.15) is 25.3 Å². The Kier molecular flexibility index (Phi) is 5.77. The first-order valence-corrected chi connectivity index (χ1v) is 6.38. The molecule has 0 aromatic carbocycles. The minimum absolute atomic E-state index is 0.0577. The second-order valence-electron chi connectivity index (χ2n) is 3.81. The minimum atomic E-state index is 0.0577. The van der Waals surface area contributed by atoms with Crippen LogP contribution in [0.2, 0.25) is 0 Å². The van der Waals surface area contributed by atoms with Gasteiger partial charge in [0.25, 0.3) is 5.56 Å². The minimum Gasteiger partial charge on any atom is -0.380 e. The summed E-state index contributed by atoms with van der Waals surface area (Å²) in [5.41, 5.74) is 0.810. The van der Waals surface area contributed by atoms with Crippen LogP contribution in [0.4, 0.5) is 0 Å². The number of aryl methyl sites for hydroxylation is 1. The molecule has 1 rings (SSSR count). The Labute approximate surface area is 105 Å². The zero-order valence-electron chi connectivity index (χ0n) is 9.83. The maximum absolute atomic E-state index is 11.7. The van der Waals surface area contributed by atoms with E-state index in [0.717, 1.165) is 29.5 Å². The van der Waals surface area contributed by atoms with Gasteiger partial charge < -0.3 is 9.30 Å². The van der Waals surface area contributed by atoms with Gasteiger partial charge in [-0.2, -0.15) is 0 Å². The number of aromatic nitrogens is 1. The van der Waals surface area contributed by atoms with E-state index in [-0.39, 0.29) is 5.56 Å². The Hall–Kier alpha value is -0.610. The van der Waals surface area contributed by atoms with Crippen molar-refractivity contribution >= 4 is 15.9 Å². The van der Waals surface area contributed by atoms with Crippen LogP contribution in [0.5, 0.6) is 0 Å². The first kappa shape index (κ1) is 13.5. The van der Waals surface area contributed by atoms with Gasteiger partial charge in [-0.1, -0.05) is 13.3 Å². The van der Waals surface area contributed by atoms with Gasteiger partial charge in [0.1, 0.15) is 0 Å². The molecule has 0 N–H and O–H groups in total. The quantitative estimate of drug-likeness (QED) is 0.754. The largest absolute Gasteiger partial charge is 0.380 e. The monoisotopic (exact) mass is 287 g/mol. The van der Waals surface area contributed by atoms with E-state index < -0.39 is 0 Å². The number of rotatable bonds is 6. The molecule has 90 valence electrons. The number of unbranched alkanes of at least 4 members (excludes halogenated alkanes) is 1. The van der Waals surface area contributed by atoms with Crippen LogP contribution in [0.15, 0.2) is 21.5 Å². The first-order chi connectivity index (χ1) is 7.65. The standard InChI is InChI=1S/C12H18BrNO2/c1-3-4-6-16-7-5-14-9-11(13)8-10(2)12(14)15/h8-9H,3-7H2,1-2H3. The van der Waals surface area contributed by atoms with Gasteiger partial charge in [0, 0.05) is 29.4 Å². The molecule has 0 aliphatic carbocycles. The fourth-order valence-electron chi connectivity index (χ4n) is 1.42. The van der Waals surface area contributed by atoms with E-state index >= 15 is 0 Å². The van der Waals surface area contributed by atoms with Crippen LogP contribution in [0, 0.1) is 6.92 Å². The van der Waals surface area contributed by atoms with Crippen LogP contribution >= 0.6 is 15.9 Å². The van der Waals surface area contributed by atoms with Crippen molar-refractivity contribution in [2.24, 2.45) is 0 Å². The van der Waals surface area contributed by atoms with Gasteiger partial charge in [0.15, 0.2) is 0 Å². The van der Waals surface area contributed by atoms with Gasteiger partial charge in [-0.05, 0) is 35.3 Å². The average Bonchev–Trinajstić information content (AvgIpc) is 2.24. The van der Waals surface area contributed by atoms with Crippen molar-refractivity contribution in [3.8, 4) is 0 Å². The average molecular weight is 288 g/mol.